The molecule has 0 bridgehead atoms. The molecule has 0 saturated heterocycles. The summed E-state index contributed by atoms with van der Waals surface area (Å²) in [7, 11) is -3.17. The topological polar surface area (TPSA) is 79.4 Å². The molecular formula is C19H23N3O3S3. The number of aromatic nitrogens is 1. The molecule has 28 heavy (non-hydrogen) atoms. The Morgan fingerprint density at radius 1 is 1.29 bits per heavy atom. The Hall–Kier alpha value is -1.29. The van der Waals surface area contributed by atoms with Crippen LogP contribution in [-0.2, 0) is 33.2 Å². The molecule has 0 unspecified atom stereocenters. The quantitative estimate of drug-likeness (QED) is 0.776. The second-order valence-electron chi connectivity index (χ2n) is 7.94. The monoisotopic (exact) mass is 437 g/mol. The van der Waals surface area contributed by atoms with Crippen LogP contribution in [-0.4, -0.2) is 35.4 Å². The average Bonchev–Trinajstić information content (AvgIpc) is 3.10. The first kappa shape index (κ1) is 18.7. The van der Waals surface area contributed by atoms with Crippen molar-refractivity contribution in [2.24, 2.45) is 0 Å². The first-order valence-corrected chi connectivity index (χ1v) is 13.0. The fourth-order valence-electron chi connectivity index (χ4n) is 4.35. The van der Waals surface area contributed by atoms with Gasteiger partial charge >= 0.3 is 0 Å². The van der Waals surface area contributed by atoms with E-state index in [9.17, 15) is 13.2 Å². The number of hydrogen-bond acceptors (Lipinski definition) is 6. The van der Waals surface area contributed by atoms with Crippen molar-refractivity contribution in [3.05, 3.63) is 33.0 Å². The number of nitrogens with zero attached hydrogens (tertiary/aromatic N) is 2. The van der Waals surface area contributed by atoms with Crippen LogP contribution < -0.4 is 5.32 Å². The second kappa shape index (κ2) is 6.90. The van der Waals surface area contributed by atoms with Gasteiger partial charge in [-0.05, 0) is 37.1 Å². The molecule has 0 spiro atoms. The summed E-state index contributed by atoms with van der Waals surface area (Å²) in [6, 6.07) is 4.06. The van der Waals surface area contributed by atoms with Crippen molar-refractivity contribution in [1.82, 2.24) is 9.29 Å². The molecule has 1 N–H and O–H groups in total. The molecule has 2 saturated carbocycles. The first-order chi connectivity index (χ1) is 13.5. The van der Waals surface area contributed by atoms with Crippen LogP contribution in [0.15, 0.2) is 17.5 Å². The molecule has 2 aliphatic carbocycles. The molecule has 2 fully saturated rings. The molecule has 2 aromatic heterocycles. The Balaban J connectivity index is 1.35. The zero-order chi connectivity index (χ0) is 19.4. The normalized spacial score (nSPS) is 22.1. The highest BCUT2D eigenvalue weighted by Crippen LogP contribution is 2.44. The molecule has 1 aliphatic heterocycles. The van der Waals surface area contributed by atoms with Gasteiger partial charge in [0.1, 0.15) is 0 Å². The van der Waals surface area contributed by atoms with Crippen molar-refractivity contribution in [2.75, 3.05) is 11.9 Å². The lowest BCUT2D eigenvalue weighted by molar-refractivity contribution is -0.121. The zero-order valence-electron chi connectivity index (χ0n) is 15.5. The van der Waals surface area contributed by atoms with E-state index >= 15 is 0 Å². The summed E-state index contributed by atoms with van der Waals surface area (Å²) in [6.45, 7) is 0.875. The predicted molar refractivity (Wildman–Crippen MR) is 111 cm³/mol. The Morgan fingerprint density at radius 2 is 2.07 bits per heavy atom. The van der Waals surface area contributed by atoms with Crippen LogP contribution in [0.4, 0.5) is 5.13 Å². The van der Waals surface area contributed by atoms with Crippen molar-refractivity contribution in [3.63, 3.8) is 0 Å². The molecule has 6 nitrogen and oxygen atoms in total. The third-order valence-corrected chi connectivity index (χ3v) is 10.5. The van der Waals surface area contributed by atoms with Crippen molar-refractivity contribution >= 4 is 43.7 Å². The number of fused-ring (bicyclic) bond motifs is 1. The fourth-order valence-corrected chi connectivity index (χ4v) is 8.24. The highest BCUT2D eigenvalue weighted by Gasteiger charge is 2.44. The van der Waals surface area contributed by atoms with E-state index in [0.29, 0.717) is 24.6 Å². The minimum absolute atomic E-state index is 0.0287. The van der Waals surface area contributed by atoms with Gasteiger partial charge in [-0.15, -0.1) is 22.7 Å². The van der Waals surface area contributed by atoms with Crippen molar-refractivity contribution in [2.45, 2.75) is 62.2 Å². The lowest BCUT2D eigenvalue weighted by atomic mass is 9.83. The summed E-state index contributed by atoms with van der Waals surface area (Å²) in [5.74, 6) is 0.0287. The molecule has 1 amide bonds. The number of nitrogens with one attached hydrogen (secondary N) is 1. The maximum absolute atomic E-state index is 13.2. The van der Waals surface area contributed by atoms with Crippen LogP contribution in [0.2, 0.25) is 0 Å². The molecule has 3 heterocycles. The van der Waals surface area contributed by atoms with Crippen molar-refractivity contribution in [3.8, 4) is 0 Å². The summed E-state index contributed by atoms with van der Waals surface area (Å²) in [5, 5.41) is 5.51. The maximum atomic E-state index is 13.2. The molecular weight excluding hydrogens is 414 g/mol. The first-order valence-electron chi connectivity index (χ1n) is 9.82. The van der Waals surface area contributed by atoms with Gasteiger partial charge in [0.25, 0.3) is 0 Å². The van der Waals surface area contributed by atoms with Gasteiger partial charge in [0, 0.05) is 29.3 Å². The standard InChI is InChI=1S/C19H23N3O3S3/c23-17(19(8-1-2-9-19)16-4-3-11-26-16)21-18-20-14-7-10-22(12-15(14)27-18)28(24,25)13-5-6-13/h3-4,11,13H,1-2,5-10,12H2,(H,20,21,23). The number of carbonyl (C=O) groups excluding carboxylic acids is 1. The summed E-state index contributed by atoms with van der Waals surface area (Å²) in [5.41, 5.74) is 0.487. The van der Waals surface area contributed by atoms with Gasteiger partial charge in [0.05, 0.1) is 16.4 Å². The Kier molecular flexibility index (Phi) is 4.61. The molecule has 9 heteroatoms. The number of hydrogen-bond donors (Lipinski definition) is 1. The molecule has 2 aromatic rings. The second-order valence-corrected chi connectivity index (χ2v) is 12.2. The third kappa shape index (κ3) is 3.12. The number of rotatable bonds is 5. The highest BCUT2D eigenvalue weighted by molar-refractivity contribution is 7.90. The summed E-state index contributed by atoms with van der Waals surface area (Å²) in [4.78, 5) is 19.9. The molecule has 0 radical (unpaired) electrons. The van der Waals surface area contributed by atoms with Gasteiger partial charge in [0.2, 0.25) is 15.9 Å². The van der Waals surface area contributed by atoms with E-state index in [2.05, 4.69) is 16.4 Å². The summed E-state index contributed by atoms with van der Waals surface area (Å²) in [6.07, 6.45) is 6.04. The summed E-state index contributed by atoms with van der Waals surface area (Å²) < 4.78 is 26.7. The van der Waals surface area contributed by atoms with Crippen LogP contribution in [0.1, 0.15) is 54.0 Å². The Labute approximate surface area is 173 Å². The zero-order valence-corrected chi connectivity index (χ0v) is 18.0. The lowest BCUT2D eigenvalue weighted by Crippen LogP contribution is -2.37. The third-order valence-electron chi connectivity index (χ3n) is 6.11. The predicted octanol–water partition coefficient (Wildman–Crippen LogP) is 3.51. The SMILES string of the molecule is O=C(Nc1nc2c(s1)CN(S(=O)(=O)C1CC1)CC2)C1(c2cccs2)CCCC1. The van der Waals surface area contributed by atoms with Gasteiger partial charge in [-0.3, -0.25) is 4.79 Å². The number of sulfonamides is 1. The minimum Gasteiger partial charge on any atom is -0.301 e. The molecule has 150 valence electrons. The maximum Gasteiger partial charge on any atom is 0.237 e. The van der Waals surface area contributed by atoms with E-state index in [0.717, 1.165) is 54.0 Å². The van der Waals surface area contributed by atoms with Crippen molar-refractivity contribution in [1.29, 1.82) is 0 Å². The largest absolute Gasteiger partial charge is 0.301 e. The number of carbonyl (C=O) groups is 1. The number of amides is 1. The van der Waals surface area contributed by atoms with E-state index in [1.165, 1.54) is 11.3 Å². The number of anilines is 1. The van der Waals surface area contributed by atoms with Crippen LogP contribution in [0.25, 0.3) is 0 Å². The number of thiazole rings is 1. The van der Waals surface area contributed by atoms with Gasteiger partial charge < -0.3 is 5.32 Å². The summed E-state index contributed by atoms with van der Waals surface area (Å²) >= 11 is 3.07. The van der Waals surface area contributed by atoms with E-state index in [-0.39, 0.29) is 11.2 Å². The number of thiophene rings is 1. The van der Waals surface area contributed by atoms with E-state index in [1.54, 1.807) is 15.6 Å². The Bertz CT molecular complexity index is 987. The van der Waals surface area contributed by atoms with Gasteiger partial charge in [-0.1, -0.05) is 18.9 Å². The van der Waals surface area contributed by atoms with Gasteiger partial charge in [0.15, 0.2) is 5.13 Å². The van der Waals surface area contributed by atoms with Crippen LogP contribution >= 0.6 is 22.7 Å². The van der Waals surface area contributed by atoms with Crippen LogP contribution in [0, 0.1) is 0 Å². The molecule has 0 aromatic carbocycles. The van der Waals surface area contributed by atoms with Crippen LogP contribution in [0.5, 0.6) is 0 Å². The Morgan fingerprint density at radius 3 is 2.75 bits per heavy atom. The van der Waals surface area contributed by atoms with Gasteiger partial charge in [-0.25, -0.2) is 13.4 Å². The lowest BCUT2D eigenvalue weighted by Gasteiger charge is -2.25. The van der Waals surface area contributed by atoms with Gasteiger partial charge in [-0.2, -0.15) is 4.31 Å². The molecule has 5 rings (SSSR count). The average molecular weight is 438 g/mol. The van der Waals surface area contributed by atoms with E-state index in [4.69, 9.17) is 0 Å². The van der Waals surface area contributed by atoms with Crippen molar-refractivity contribution < 1.29 is 13.2 Å². The molecule has 3 aliphatic rings. The highest BCUT2D eigenvalue weighted by atomic mass is 32.2. The minimum atomic E-state index is -3.17. The van der Waals surface area contributed by atoms with E-state index < -0.39 is 15.4 Å². The van der Waals surface area contributed by atoms with E-state index in [1.807, 2.05) is 11.4 Å². The fraction of sp³-hybridized carbons (Fsp3) is 0.579. The molecule has 0 atom stereocenters. The van der Waals surface area contributed by atoms with Crippen LogP contribution in [0.3, 0.4) is 0 Å². The smallest absolute Gasteiger partial charge is 0.237 e.